The molecule has 7 heteroatoms. The number of carbonyl (C=O) groups is 1. The fraction of sp³-hybridized carbons (Fsp3) is 0.259. The normalized spacial score (nSPS) is 14.8. The summed E-state index contributed by atoms with van der Waals surface area (Å²) in [6.45, 7) is 4.05. The summed E-state index contributed by atoms with van der Waals surface area (Å²) in [7, 11) is 3.03. The average molecular weight is 456 g/mol. The Morgan fingerprint density at radius 1 is 0.853 bits per heavy atom. The molecule has 0 bridgehead atoms. The Morgan fingerprint density at radius 3 is 2.29 bits per heavy atom. The van der Waals surface area contributed by atoms with E-state index >= 15 is 0 Å². The molecule has 4 aromatic rings. The molecule has 1 aliphatic rings. The Labute approximate surface area is 196 Å². The van der Waals surface area contributed by atoms with Gasteiger partial charge in [-0.3, -0.25) is 18.7 Å². The lowest BCUT2D eigenvalue weighted by atomic mass is 9.73. The number of benzene rings is 2. The molecule has 2 aromatic carbocycles. The van der Waals surface area contributed by atoms with Crippen LogP contribution in [0.5, 0.6) is 11.5 Å². The van der Waals surface area contributed by atoms with Gasteiger partial charge in [0.25, 0.3) is 5.56 Å². The van der Waals surface area contributed by atoms with Crippen LogP contribution in [-0.4, -0.2) is 19.9 Å². The molecule has 172 valence electrons. The van der Waals surface area contributed by atoms with Gasteiger partial charge in [-0.05, 0) is 41.7 Å². The van der Waals surface area contributed by atoms with Crippen molar-refractivity contribution >= 4 is 16.8 Å². The Kier molecular flexibility index (Phi) is 5.01. The minimum atomic E-state index is -0.476. The molecule has 0 fully saturated rings. The van der Waals surface area contributed by atoms with Crippen molar-refractivity contribution in [2.75, 3.05) is 0 Å². The zero-order valence-corrected chi connectivity index (χ0v) is 19.6. The summed E-state index contributed by atoms with van der Waals surface area (Å²) in [5.41, 5.74) is 1.33. The molecule has 7 nitrogen and oxygen atoms in total. The molecule has 0 amide bonds. The van der Waals surface area contributed by atoms with Crippen LogP contribution in [0.4, 0.5) is 0 Å². The van der Waals surface area contributed by atoms with Crippen LogP contribution in [0.1, 0.15) is 36.3 Å². The van der Waals surface area contributed by atoms with E-state index in [4.69, 9.17) is 9.72 Å². The lowest BCUT2D eigenvalue weighted by Gasteiger charge is -2.31. The number of aromatic nitrogens is 3. The first-order valence-electron chi connectivity index (χ1n) is 11.2. The van der Waals surface area contributed by atoms with E-state index in [0.29, 0.717) is 46.7 Å². The lowest BCUT2D eigenvalue weighted by molar-refractivity contribution is 0.0911. The SMILES string of the molecule is Cn1c(=O)c2c(-c3cccc(Oc4ccccc4)c3)c3c(nc2n(C)c1=O)CC(C)(C)CC3=O. The van der Waals surface area contributed by atoms with Crippen LogP contribution >= 0.6 is 0 Å². The van der Waals surface area contributed by atoms with E-state index in [2.05, 4.69) is 0 Å². The van der Waals surface area contributed by atoms with Crippen LogP contribution in [0.2, 0.25) is 0 Å². The van der Waals surface area contributed by atoms with Gasteiger partial charge in [-0.25, -0.2) is 9.78 Å². The van der Waals surface area contributed by atoms with Crippen molar-refractivity contribution < 1.29 is 9.53 Å². The number of rotatable bonds is 3. The molecule has 0 saturated carbocycles. The molecule has 2 heterocycles. The second-order valence-electron chi connectivity index (χ2n) is 9.60. The van der Waals surface area contributed by atoms with Crippen molar-refractivity contribution in [1.29, 1.82) is 0 Å². The number of ketones is 1. The van der Waals surface area contributed by atoms with Gasteiger partial charge in [0.05, 0.1) is 11.1 Å². The second kappa shape index (κ2) is 7.80. The van der Waals surface area contributed by atoms with Gasteiger partial charge < -0.3 is 4.74 Å². The summed E-state index contributed by atoms with van der Waals surface area (Å²) in [6, 6.07) is 16.7. The van der Waals surface area contributed by atoms with Crippen molar-refractivity contribution in [3.8, 4) is 22.6 Å². The van der Waals surface area contributed by atoms with E-state index in [1.165, 1.54) is 11.6 Å². The van der Waals surface area contributed by atoms with E-state index in [9.17, 15) is 14.4 Å². The number of hydrogen-bond acceptors (Lipinski definition) is 5. The molecule has 0 saturated heterocycles. The summed E-state index contributed by atoms with van der Waals surface area (Å²) < 4.78 is 8.44. The first-order chi connectivity index (χ1) is 16.2. The maximum Gasteiger partial charge on any atom is 0.332 e. The highest BCUT2D eigenvalue weighted by atomic mass is 16.5. The topological polar surface area (TPSA) is 83.2 Å². The molecule has 0 unspecified atom stereocenters. The number of pyridine rings is 1. The van der Waals surface area contributed by atoms with Gasteiger partial charge in [0.15, 0.2) is 5.78 Å². The third-order valence-electron chi connectivity index (χ3n) is 6.33. The average Bonchev–Trinajstić information content (AvgIpc) is 2.80. The molecule has 5 rings (SSSR count). The van der Waals surface area contributed by atoms with Crippen molar-refractivity contribution in [3.05, 3.63) is 86.7 Å². The zero-order valence-electron chi connectivity index (χ0n) is 19.6. The van der Waals surface area contributed by atoms with Crippen LogP contribution in [-0.2, 0) is 20.5 Å². The van der Waals surface area contributed by atoms with Crippen molar-refractivity contribution in [1.82, 2.24) is 14.1 Å². The summed E-state index contributed by atoms with van der Waals surface area (Å²) >= 11 is 0. The highest BCUT2D eigenvalue weighted by Crippen LogP contribution is 2.41. The number of aryl methyl sites for hydroxylation is 1. The predicted octanol–water partition coefficient (Wildman–Crippen LogP) is 4.25. The summed E-state index contributed by atoms with van der Waals surface area (Å²) in [5, 5.41) is 0.258. The third-order valence-corrected chi connectivity index (χ3v) is 6.33. The molecule has 0 spiro atoms. The van der Waals surface area contributed by atoms with Gasteiger partial charge in [0.1, 0.15) is 17.1 Å². The van der Waals surface area contributed by atoms with Gasteiger partial charge in [0, 0.05) is 31.6 Å². The maximum atomic E-state index is 13.4. The van der Waals surface area contributed by atoms with Crippen LogP contribution in [0, 0.1) is 5.41 Å². The van der Waals surface area contributed by atoms with Crippen LogP contribution in [0.25, 0.3) is 22.2 Å². The highest BCUT2D eigenvalue weighted by Gasteiger charge is 2.36. The van der Waals surface area contributed by atoms with E-state index in [1.54, 1.807) is 7.05 Å². The lowest BCUT2D eigenvalue weighted by Crippen LogP contribution is -2.38. The van der Waals surface area contributed by atoms with Gasteiger partial charge in [0.2, 0.25) is 0 Å². The first-order valence-corrected chi connectivity index (χ1v) is 11.2. The van der Waals surface area contributed by atoms with Crippen LogP contribution in [0.15, 0.2) is 64.2 Å². The predicted molar refractivity (Wildman–Crippen MR) is 131 cm³/mol. The number of para-hydroxylation sites is 1. The third kappa shape index (κ3) is 3.53. The summed E-state index contributed by atoms with van der Waals surface area (Å²) in [4.78, 5) is 44.1. The number of nitrogens with zero attached hydrogens (tertiary/aromatic N) is 3. The van der Waals surface area contributed by atoms with E-state index in [0.717, 1.165) is 4.57 Å². The highest BCUT2D eigenvalue weighted by molar-refractivity contribution is 6.10. The number of Topliss-reactive ketones (excluding diaryl/α,β-unsaturated/α-hetero) is 1. The van der Waals surface area contributed by atoms with E-state index < -0.39 is 11.2 Å². The molecule has 0 atom stereocenters. The minimum Gasteiger partial charge on any atom is -0.457 e. The quantitative estimate of drug-likeness (QED) is 0.461. The largest absolute Gasteiger partial charge is 0.457 e. The van der Waals surface area contributed by atoms with E-state index in [1.807, 2.05) is 68.4 Å². The fourth-order valence-electron chi connectivity index (χ4n) is 4.73. The molecular weight excluding hydrogens is 430 g/mol. The summed E-state index contributed by atoms with van der Waals surface area (Å²) in [6.07, 6.45) is 0.924. The van der Waals surface area contributed by atoms with Crippen molar-refractivity contribution in [2.24, 2.45) is 19.5 Å². The summed E-state index contributed by atoms with van der Waals surface area (Å²) in [5.74, 6) is 1.20. The molecule has 1 aliphatic carbocycles. The van der Waals surface area contributed by atoms with Gasteiger partial charge >= 0.3 is 5.69 Å². The monoisotopic (exact) mass is 455 g/mol. The van der Waals surface area contributed by atoms with Gasteiger partial charge in [-0.15, -0.1) is 0 Å². The van der Waals surface area contributed by atoms with Gasteiger partial charge in [-0.1, -0.05) is 44.2 Å². The Bertz CT molecular complexity index is 1580. The maximum absolute atomic E-state index is 13.4. The molecule has 0 radical (unpaired) electrons. The number of ether oxygens (including phenoxy) is 1. The van der Waals surface area contributed by atoms with Crippen molar-refractivity contribution in [3.63, 3.8) is 0 Å². The number of fused-ring (bicyclic) bond motifs is 2. The number of carbonyl (C=O) groups excluding carboxylic acids is 1. The van der Waals surface area contributed by atoms with Crippen molar-refractivity contribution in [2.45, 2.75) is 26.7 Å². The molecule has 2 aromatic heterocycles. The minimum absolute atomic E-state index is 0.0547. The van der Waals surface area contributed by atoms with Crippen LogP contribution < -0.4 is 16.0 Å². The molecule has 0 N–H and O–H groups in total. The Morgan fingerprint density at radius 2 is 1.56 bits per heavy atom. The zero-order chi connectivity index (χ0) is 24.2. The smallest absolute Gasteiger partial charge is 0.332 e. The first kappa shape index (κ1) is 21.8. The molecule has 0 aliphatic heterocycles. The molecular formula is C27H25N3O4. The Balaban J connectivity index is 1.84. The Hall–Kier alpha value is -4.00. The standard InChI is InChI=1S/C27H25N3O4/c1-27(2)14-19-22(20(31)15-27)21(23-24(28-19)29(3)26(33)30(4)25(23)32)16-9-8-12-18(13-16)34-17-10-6-5-7-11-17/h5-13H,14-15H2,1-4H3. The van der Waals surface area contributed by atoms with Crippen LogP contribution in [0.3, 0.4) is 0 Å². The molecule has 34 heavy (non-hydrogen) atoms. The van der Waals surface area contributed by atoms with E-state index in [-0.39, 0.29) is 22.2 Å². The van der Waals surface area contributed by atoms with Gasteiger partial charge in [-0.2, -0.15) is 0 Å². The fourth-order valence-corrected chi connectivity index (χ4v) is 4.73. The number of hydrogen-bond donors (Lipinski definition) is 0. The second-order valence-corrected chi connectivity index (χ2v) is 9.60.